The minimum absolute atomic E-state index is 0.0320. The van der Waals surface area contributed by atoms with Crippen LogP contribution in [0.15, 0.2) is 24.3 Å². The molecule has 1 saturated carbocycles. The molecule has 1 heterocycles. The predicted octanol–water partition coefficient (Wildman–Crippen LogP) is 2.30. The number of hydrogen-bond donors (Lipinski definition) is 0. The van der Waals surface area contributed by atoms with Crippen LogP contribution in [0.1, 0.15) is 36.0 Å². The number of rotatable bonds is 3. The maximum absolute atomic E-state index is 12.5. The first-order valence-electron chi connectivity index (χ1n) is 7.93. The molecule has 0 spiro atoms. The first-order chi connectivity index (χ1) is 10.6. The number of piperazine rings is 1. The molecule has 2 fully saturated rings. The van der Waals surface area contributed by atoms with Gasteiger partial charge in [-0.15, -0.1) is 0 Å². The molecule has 1 amide bonds. The van der Waals surface area contributed by atoms with Crippen LogP contribution < -0.4 is 0 Å². The number of carbonyl (C=O) groups excluding carboxylic acids is 1. The van der Waals surface area contributed by atoms with Crippen molar-refractivity contribution in [2.75, 3.05) is 26.2 Å². The van der Waals surface area contributed by atoms with Crippen molar-refractivity contribution in [2.45, 2.75) is 31.7 Å². The third-order valence-corrected chi connectivity index (χ3v) is 4.75. The largest absolute Gasteiger partial charge is 0.336 e. The van der Waals surface area contributed by atoms with Gasteiger partial charge in [0.1, 0.15) is 0 Å². The van der Waals surface area contributed by atoms with Gasteiger partial charge in [0.05, 0.1) is 4.92 Å². The number of amides is 1. The monoisotopic (exact) mass is 303 g/mol. The molecule has 1 aromatic rings. The third-order valence-electron chi connectivity index (χ3n) is 4.75. The van der Waals surface area contributed by atoms with Gasteiger partial charge in [0.2, 0.25) is 0 Å². The van der Waals surface area contributed by atoms with Crippen LogP contribution in [0.5, 0.6) is 0 Å². The van der Waals surface area contributed by atoms with Gasteiger partial charge < -0.3 is 4.90 Å². The fourth-order valence-electron chi connectivity index (χ4n) is 3.49. The lowest BCUT2D eigenvalue weighted by atomic mass is 10.1. The highest BCUT2D eigenvalue weighted by Crippen LogP contribution is 2.24. The fourth-order valence-corrected chi connectivity index (χ4v) is 3.49. The van der Waals surface area contributed by atoms with E-state index in [1.54, 1.807) is 12.1 Å². The van der Waals surface area contributed by atoms with Gasteiger partial charge in [-0.05, 0) is 18.9 Å². The van der Waals surface area contributed by atoms with Gasteiger partial charge >= 0.3 is 0 Å². The van der Waals surface area contributed by atoms with Gasteiger partial charge in [0, 0.05) is 49.9 Å². The van der Waals surface area contributed by atoms with Crippen LogP contribution in [0, 0.1) is 10.1 Å². The SMILES string of the molecule is O=C(c1cccc([N+](=O)[O-])c1)N1CCN(C2CCCC2)CC1. The van der Waals surface area contributed by atoms with Crippen molar-refractivity contribution in [2.24, 2.45) is 0 Å². The normalized spacial score (nSPS) is 20.3. The standard InChI is InChI=1S/C16H21N3O3/c20-16(13-4-3-7-15(12-13)19(21)22)18-10-8-17(9-11-18)14-5-1-2-6-14/h3-4,7,12,14H,1-2,5-6,8-11H2. The van der Waals surface area contributed by atoms with Crippen molar-refractivity contribution in [3.05, 3.63) is 39.9 Å². The van der Waals surface area contributed by atoms with Crippen LogP contribution >= 0.6 is 0 Å². The summed E-state index contributed by atoms with van der Waals surface area (Å²) >= 11 is 0. The lowest BCUT2D eigenvalue weighted by Crippen LogP contribution is -2.51. The lowest BCUT2D eigenvalue weighted by Gasteiger charge is -2.38. The molecule has 6 nitrogen and oxygen atoms in total. The average molecular weight is 303 g/mol. The zero-order valence-electron chi connectivity index (χ0n) is 12.6. The van der Waals surface area contributed by atoms with E-state index in [0.29, 0.717) is 24.7 Å². The molecule has 0 radical (unpaired) electrons. The summed E-state index contributed by atoms with van der Waals surface area (Å²) < 4.78 is 0. The Bertz CT molecular complexity index is 562. The van der Waals surface area contributed by atoms with Gasteiger partial charge in [-0.25, -0.2) is 0 Å². The lowest BCUT2D eigenvalue weighted by molar-refractivity contribution is -0.384. The Labute approximate surface area is 129 Å². The number of nitro groups is 1. The summed E-state index contributed by atoms with van der Waals surface area (Å²) in [5.41, 5.74) is 0.374. The van der Waals surface area contributed by atoms with Crippen LogP contribution in [0.25, 0.3) is 0 Å². The van der Waals surface area contributed by atoms with Crippen LogP contribution in [0.4, 0.5) is 5.69 Å². The van der Waals surface area contributed by atoms with E-state index in [4.69, 9.17) is 0 Å². The molecule has 0 N–H and O–H groups in total. The minimum Gasteiger partial charge on any atom is -0.336 e. The Morgan fingerprint density at radius 2 is 1.82 bits per heavy atom. The highest BCUT2D eigenvalue weighted by atomic mass is 16.6. The van der Waals surface area contributed by atoms with Crippen LogP contribution in [0.2, 0.25) is 0 Å². The maximum atomic E-state index is 12.5. The minimum atomic E-state index is -0.463. The number of non-ortho nitro benzene ring substituents is 1. The van der Waals surface area contributed by atoms with Gasteiger partial charge in [-0.2, -0.15) is 0 Å². The predicted molar refractivity (Wildman–Crippen MR) is 82.8 cm³/mol. The molecule has 2 aliphatic rings. The number of benzene rings is 1. The number of hydrogen-bond acceptors (Lipinski definition) is 4. The van der Waals surface area contributed by atoms with E-state index in [0.717, 1.165) is 13.1 Å². The molecule has 0 atom stereocenters. The Morgan fingerprint density at radius 3 is 2.45 bits per heavy atom. The summed E-state index contributed by atoms with van der Waals surface area (Å²) in [7, 11) is 0. The van der Waals surface area contributed by atoms with Crippen molar-refractivity contribution in [3.8, 4) is 0 Å². The molecule has 1 aliphatic heterocycles. The Hall–Kier alpha value is -1.95. The molecule has 1 saturated heterocycles. The van der Waals surface area contributed by atoms with E-state index in [1.165, 1.54) is 37.8 Å². The second-order valence-corrected chi connectivity index (χ2v) is 6.07. The van der Waals surface area contributed by atoms with Crippen LogP contribution in [0.3, 0.4) is 0 Å². The molecule has 1 aliphatic carbocycles. The average Bonchev–Trinajstić information content (AvgIpc) is 3.09. The highest BCUT2D eigenvalue weighted by Gasteiger charge is 2.28. The van der Waals surface area contributed by atoms with Crippen molar-refractivity contribution in [1.29, 1.82) is 0 Å². The summed E-state index contributed by atoms with van der Waals surface area (Å²) in [6, 6.07) is 6.69. The Kier molecular flexibility index (Phi) is 4.38. The molecule has 22 heavy (non-hydrogen) atoms. The summed E-state index contributed by atoms with van der Waals surface area (Å²) in [6.45, 7) is 3.23. The summed E-state index contributed by atoms with van der Waals surface area (Å²) in [5, 5.41) is 10.8. The van der Waals surface area contributed by atoms with Gasteiger partial charge in [-0.1, -0.05) is 18.9 Å². The van der Waals surface area contributed by atoms with Gasteiger partial charge in [0.25, 0.3) is 11.6 Å². The summed E-state index contributed by atoms with van der Waals surface area (Å²) in [6.07, 6.45) is 5.19. The Balaban J connectivity index is 1.62. The van der Waals surface area contributed by atoms with Crippen molar-refractivity contribution in [1.82, 2.24) is 9.80 Å². The molecule has 0 unspecified atom stereocenters. The number of carbonyl (C=O) groups is 1. The fraction of sp³-hybridized carbons (Fsp3) is 0.562. The van der Waals surface area contributed by atoms with Crippen molar-refractivity contribution < 1.29 is 9.72 Å². The van der Waals surface area contributed by atoms with Gasteiger partial charge in [-0.3, -0.25) is 19.8 Å². The smallest absolute Gasteiger partial charge is 0.270 e. The maximum Gasteiger partial charge on any atom is 0.270 e. The molecule has 0 bridgehead atoms. The quantitative estimate of drug-likeness (QED) is 0.635. The molecular weight excluding hydrogens is 282 g/mol. The molecule has 1 aromatic carbocycles. The first-order valence-corrected chi connectivity index (χ1v) is 7.93. The van der Waals surface area contributed by atoms with E-state index in [2.05, 4.69) is 4.90 Å². The second-order valence-electron chi connectivity index (χ2n) is 6.07. The highest BCUT2D eigenvalue weighted by molar-refractivity contribution is 5.94. The zero-order valence-corrected chi connectivity index (χ0v) is 12.6. The van der Waals surface area contributed by atoms with Crippen molar-refractivity contribution >= 4 is 11.6 Å². The zero-order chi connectivity index (χ0) is 15.5. The van der Waals surface area contributed by atoms with E-state index < -0.39 is 4.92 Å². The van der Waals surface area contributed by atoms with E-state index in [-0.39, 0.29) is 11.6 Å². The van der Waals surface area contributed by atoms with E-state index in [9.17, 15) is 14.9 Å². The van der Waals surface area contributed by atoms with Gasteiger partial charge in [0.15, 0.2) is 0 Å². The first kappa shape index (κ1) is 15.0. The topological polar surface area (TPSA) is 66.7 Å². The second kappa shape index (κ2) is 6.44. The summed E-state index contributed by atoms with van der Waals surface area (Å²) in [5.74, 6) is -0.102. The number of nitro benzene ring substituents is 1. The van der Waals surface area contributed by atoms with E-state index in [1.807, 2.05) is 4.90 Å². The molecule has 118 valence electrons. The molecule has 0 aromatic heterocycles. The third kappa shape index (κ3) is 3.11. The summed E-state index contributed by atoms with van der Waals surface area (Å²) in [4.78, 5) is 27.1. The van der Waals surface area contributed by atoms with E-state index >= 15 is 0 Å². The molecule has 6 heteroatoms. The Morgan fingerprint density at radius 1 is 1.14 bits per heavy atom. The number of nitrogens with zero attached hydrogens (tertiary/aromatic N) is 3. The van der Waals surface area contributed by atoms with Crippen LogP contribution in [-0.4, -0.2) is 52.9 Å². The van der Waals surface area contributed by atoms with Crippen LogP contribution in [-0.2, 0) is 0 Å². The van der Waals surface area contributed by atoms with Crippen molar-refractivity contribution in [3.63, 3.8) is 0 Å². The molecular formula is C16H21N3O3. The molecule has 3 rings (SSSR count).